The van der Waals surface area contributed by atoms with Crippen molar-refractivity contribution >= 4 is 5.91 Å². The van der Waals surface area contributed by atoms with Gasteiger partial charge in [0.05, 0.1) is 0 Å². The monoisotopic (exact) mass is 353 g/mol. The molecular formula is C24H35NO. The predicted octanol–water partition coefficient (Wildman–Crippen LogP) is 6.12. The van der Waals surface area contributed by atoms with E-state index in [0.717, 1.165) is 13.0 Å². The first kappa shape index (κ1) is 19.2. The van der Waals surface area contributed by atoms with Crippen LogP contribution in [0.3, 0.4) is 0 Å². The highest BCUT2D eigenvalue weighted by atomic mass is 16.2. The SMILES string of the molecule is CCCCCCC1=CC2CCC(=O)N(Cc3ccccc3)C(C)C2CC1. The van der Waals surface area contributed by atoms with E-state index in [1.807, 2.05) is 6.07 Å². The van der Waals surface area contributed by atoms with E-state index in [1.165, 1.54) is 50.5 Å². The van der Waals surface area contributed by atoms with Crippen molar-refractivity contribution in [1.29, 1.82) is 0 Å². The Morgan fingerprint density at radius 3 is 2.62 bits per heavy atom. The molecule has 2 heteroatoms. The van der Waals surface area contributed by atoms with Crippen LogP contribution in [0.5, 0.6) is 0 Å². The van der Waals surface area contributed by atoms with E-state index in [4.69, 9.17) is 0 Å². The maximum absolute atomic E-state index is 12.8. The Labute approximate surface area is 159 Å². The number of hydrogen-bond acceptors (Lipinski definition) is 1. The van der Waals surface area contributed by atoms with Crippen LogP contribution in [0.15, 0.2) is 42.0 Å². The molecule has 1 amide bonds. The van der Waals surface area contributed by atoms with Gasteiger partial charge < -0.3 is 4.90 Å². The Hall–Kier alpha value is -1.57. The first-order valence-electron chi connectivity index (χ1n) is 10.7. The van der Waals surface area contributed by atoms with E-state index >= 15 is 0 Å². The average molecular weight is 354 g/mol. The van der Waals surface area contributed by atoms with Crippen molar-refractivity contribution in [1.82, 2.24) is 4.90 Å². The smallest absolute Gasteiger partial charge is 0.223 e. The third-order valence-electron chi connectivity index (χ3n) is 6.47. The number of likely N-dealkylation sites (tertiary alicyclic amines) is 1. The van der Waals surface area contributed by atoms with Crippen LogP contribution in [0.4, 0.5) is 0 Å². The topological polar surface area (TPSA) is 20.3 Å². The van der Waals surface area contributed by atoms with Crippen LogP contribution in [0.1, 0.15) is 77.2 Å². The zero-order valence-corrected chi connectivity index (χ0v) is 16.6. The Kier molecular flexibility index (Phi) is 6.93. The summed E-state index contributed by atoms with van der Waals surface area (Å²) >= 11 is 0. The van der Waals surface area contributed by atoms with Gasteiger partial charge in [-0.3, -0.25) is 4.79 Å². The van der Waals surface area contributed by atoms with Gasteiger partial charge in [-0.1, -0.05) is 68.2 Å². The van der Waals surface area contributed by atoms with Crippen molar-refractivity contribution in [2.24, 2.45) is 11.8 Å². The maximum atomic E-state index is 12.8. The number of benzene rings is 1. The third kappa shape index (κ3) is 4.78. The second-order valence-corrected chi connectivity index (χ2v) is 8.29. The van der Waals surface area contributed by atoms with Crippen molar-refractivity contribution in [3.8, 4) is 0 Å². The lowest BCUT2D eigenvalue weighted by Gasteiger charge is -2.37. The minimum absolute atomic E-state index is 0.341. The van der Waals surface area contributed by atoms with Crippen molar-refractivity contribution < 1.29 is 4.79 Å². The third-order valence-corrected chi connectivity index (χ3v) is 6.47. The molecule has 0 spiro atoms. The summed E-state index contributed by atoms with van der Waals surface area (Å²) in [5.74, 6) is 1.57. The second kappa shape index (κ2) is 9.39. The van der Waals surface area contributed by atoms with Gasteiger partial charge in [-0.2, -0.15) is 0 Å². The maximum Gasteiger partial charge on any atom is 0.223 e. The van der Waals surface area contributed by atoms with Crippen molar-refractivity contribution in [3.63, 3.8) is 0 Å². The molecule has 3 rings (SSSR count). The highest BCUT2D eigenvalue weighted by Crippen LogP contribution is 2.40. The summed E-state index contributed by atoms with van der Waals surface area (Å²) in [7, 11) is 0. The van der Waals surface area contributed by atoms with Gasteiger partial charge in [-0.05, 0) is 56.4 Å². The molecule has 0 aromatic heterocycles. The molecule has 1 saturated heterocycles. The molecule has 3 atom stereocenters. The van der Waals surface area contributed by atoms with Crippen LogP contribution in [0.2, 0.25) is 0 Å². The molecule has 1 aromatic carbocycles. The number of hydrogen-bond donors (Lipinski definition) is 0. The van der Waals surface area contributed by atoms with Crippen LogP contribution in [0.25, 0.3) is 0 Å². The van der Waals surface area contributed by atoms with E-state index < -0.39 is 0 Å². The fraction of sp³-hybridized carbons (Fsp3) is 0.625. The van der Waals surface area contributed by atoms with E-state index in [2.05, 4.69) is 49.1 Å². The summed E-state index contributed by atoms with van der Waals surface area (Å²) in [6.07, 6.45) is 13.5. The fourth-order valence-electron chi connectivity index (χ4n) is 4.86. The largest absolute Gasteiger partial charge is 0.335 e. The molecule has 1 heterocycles. The summed E-state index contributed by atoms with van der Waals surface area (Å²) in [5, 5.41) is 0. The number of fused-ring (bicyclic) bond motifs is 1. The van der Waals surface area contributed by atoms with Gasteiger partial charge in [-0.15, -0.1) is 0 Å². The highest BCUT2D eigenvalue weighted by Gasteiger charge is 2.37. The van der Waals surface area contributed by atoms with Gasteiger partial charge in [0, 0.05) is 19.0 Å². The summed E-state index contributed by atoms with van der Waals surface area (Å²) in [6, 6.07) is 10.8. The Morgan fingerprint density at radius 1 is 1.04 bits per heavy atom. The van der Waals surface area contributed by atoms with Crippen LogP contribution in [-0.4, -0.2) is 16.8 Å². The van der Waals surface area contributed by atoms with Gasteiger partial charge in [0.1, 0.15) is 0 Å². The minimum Gasteiger partial charge on any atom is -0.335 e. The van der Waals surface area contributed by atoms with E-state index in [0.29, 0.717) is 30.2 Å². The lowest BCUT2D eigenvalue weighted by molar-refractivity contribution is -0.133. The average Bonchev–Trinajstić information content (AvgIpc) is 2.78. The normalized spacial score (nSPS) is 26.2. The van der Waals surface area contributed by atoms with E-state index in [-0.39, 0.29) is 0 Å². The van der Waals surface area contributed by atoms with Gasteiger partial charge in [-0.25, -0.2) is 0 Å². The zero-order chi connectivity index (χ0) is 18.4. The van der Waals surface area contributed by atoms with Crippen molar-refractivity contribution in [2.45, 2.75) is 84.2 Å². The van der Waals surface area contributed by atoms with E-state index in [1.54, 1.807) is 5.57 Å². The minimum atomic E-state index is 0.341. The molecule has 0 N–H and O–H groups in total. The van der Waals surface area contributed by atoms with Crippen LogP contribution < -0.4 is 0 Å². The molecule has 1 aromatic rings. The van der Waals surface area contributed by atoms with Gasteiger partial charge in [0.15, 0.2) is 0 Å². The predicted molar refractivity (Wildman–Crippen MR) is 109 cm³/mol. The van der Waals surface area contributed by atoms with Crippen LogP contribution in [0, 0.1) is 11.8 Å². The van der Waals surface area contributed by atoms with Crippen LogP contribution >= 0.6 is 0 Å². The van der Waals surface area contributed by atoms with Gasteiger partial charge in [0.2, 0.25) is 5.91 Å². The first-order chi connectivity index (χ1) is 12.7. The molecule has 1 aliphatic carbocycles. The molecule has 0 radical (unpaired) electrons. The molecular weight excluding hydrogens is 318 g/mol. The van der Waals surface area contributed by atoms with E-state index in [9.17, 15) is 4.79 Å². The summed E-state index contributed by atoms with van der Waals surface area (Å²) in [4.78, 5) is 15.0. The number of carbonyl (C=O) groups is 1. The molecule has 1 fully saturated rings. The number of rotatable bonds is 7. The highest BCUT2D eigenvalue weighted by molar-refractivity contribution is 5.77. The number of nitrogens with zero attached hydrogens (tertiary/aromatic N) is 1. The lowest BCUT2D eigenvalue weighted by atomic mass is 9.75. The van der Waals surface area contributed by atoms with Crippen LogP contribution in [-0.2, 0) is 11.3 Å². The quantitative estimate of drug-likeness (QED) is 0.427. The van der Waals surface area contributed by atoms with Gasteiger partial charge in [0.25, 0.3) is 0 Å². The second-order valence-electron chi connectivity index (χ2n) is 8.29. The Balaban J connectivity index is 1.65. The number of unbranched alkanes of at least 4 members (excludes halogenated alkanes) is 3. The Morgan fingerprint density at radius 2 is 1.85 bits per heavy atom. The molecule has 2 aliphatic rings. The van der Waals surface area contributed by atoms with Crippen molar-refractivity contribution in [2.75, 3.05) is 0 Å². The first-order valence-corrected chi connectivity index (χ1v) is 10.7. The molecule has 26 heavy (non-hydrogen) atoms. The summed E-state index contributed by atoms with van der Waals surface area (Å²) in [5.41, 5.74) is 2.91. The molecule has 1 aliphatic heterocycles. The van der Waals surface area contributed by atoms with Crippen molar-refractivity contribution in [3.05, 3.63) is 47.5 Å². The zero-order valence-electron chi connectivity index (χ0n) is 16.6. The number of amides is 1. The number of carbonyl (C=O) groups excluding carboxylic acids is 1. The Bertz CT molecular complexity index is 606. The summed E-state index contributed by atoms with van der Waals surface area (Å²) < 4.78 is 0. The molecule has 0 saturated carbocycles. The summed E-state index contributed by atoms with van der Waals surface area (Å²) in [6.45, 7) is 5.32. The molecule has 0 bridgehead atoms. The molecule has 2 nitrogen and oxygen atoms in total. The lowest BCUT2D eigenvalue weighted by Crippen LogP contribution is -2.42. The van der Waals surface area contributed by atoms with Gasteiger partial charge >= 0.3 is 0 Å². The standard InChI is InChI=1S/C24H35NO/c1-3-4-5-7-10-20-13-15-23-19(2)25(18-21-11-8-6-9-12-21)24(26)16-14-22(23)17-20/h6,8-9,11-12,17,19,22-23H,3-5,7,10,13-16,18H2,1-2H3. The molecule has 142 valence electrons. The number of allylic oxidation sites excluding steroid dienone is 2. The molecule has 3 unspecified atom stereocenters. The fourth-order valence-corrected chi connectivity index (χ4v) is 4.86.